The fraction of sp³-hybridized carbons (Fsp3) is 0.444. The minimum absolute atomic E-state index is 0.00857. The van der Waals surface area contributed by atoms with Crippen LogP contribution in [0.2, 0.25) is 0 Å². The van der Waals surface area contributed by atoms with E-state index in [1.165, 1.54) is 6.20 Å². The minimum atomic E-state index is -4.67. The second-order valence-corrected chi connectivity index (χ2v) is 13.5. The molecule has 5 heterocycles. The van der Waals surface area contributed by atoms with Crippen molar-refractivity contribution in [1.29, 1.82) is 0 Å². The standard InChI is InChI=1S/C18H23FN10O9P2S2/c19-9-7(2-30)36-17(28-5-24-10-14(28)26-18(21)27-16(10)32)12(9)38-40(34,42)37-8(3-35-39(33)41)11(31)6-1-22-15-13(20)23-4-25-29(6)15/h1,4-5,7-9,11-12,17,30-31,39H,2-3H2,(H,33,41)(H,34,42)(H2,20,23,25)(H3,21,26,27,32)/t7-,8?,9-,11+,12-,17-,40?/m1/s1. The maximum Gasteiger partial charge on any atom is 0.387 e. The van der Waals surface area contributed by atoms with Crippen molar-refractivity contribution >= 4 is 67.1 Å². The van der Waals surface area contributed by atoms with Gasteiger partial charge in [0.2, 0.25) is 13.2 Å². The number of anilines is 2. The molecule has 19 nitrogen and oxygen atoms in total. The molecule has 4 aromatic heterocycles. The maximum absolute atomic E-state index is 15.4. The van der Waals surface area contributed by atoms with E-state index in [1.54, 1.807) is 0 Å². The van der Waals surface area contributed by atoms with Crippen molar-refractivity contribution in [2.45, 2.75) is 36.8 Å². The Labute approximate surface area is 244 Å². The first-order chi connectivity index (χ1) is 19.9. The van der Waals surface area contributed by atoms with Gasteiger partial charge >= 0.3 is 6.80 Å². The molecule has 0 saturated carbocycles. The zero-order valence-electron chi connectivity index (χ0n) is 20.9. The molecule has 1 saturated heterocycles. The van der Waals surface area contributed by atoms with E-state index < -0.39 is 69.6 Å². The van der Waals surface area contributed by atoms with E-state index in [9.17, 15) is 24.1 Å². The lowest BCUT2D eigenvalue weighted by Gasteiger charge is -2.28. The summed E-state index contributed by atoms with van der Waals surface area (Å²) in [5.74, 6) is -0.283. The molecule has 42 heavy (non-hydrogen) atoms. The summed E-state index contributed by atoms with van der Waals surface area (Å²) in [4.78, 5) is 30.2. The lowest BCUT2D eigenvalue weighted by molar-refractivity contribution is -0.0504. The number of rotatable bonds is 11. The summed E-state index contributed by atoms with van der Waals surface area (Å²) in [6, 6.07) is 0. The van der Waals surface area contributed by atoms with E-state index >= 15 is 4.39 Å². The number of fused-ring (bicyclic) bond motifs is 2. The number of halogens is 1. The first kappa shape index (κ1) is 30.8. The lowest BCUT2D eigenvalue weighted by atomic mass is 10.1. The number of ether oxygens (including phenoxy) is 1. The van der Waals surface area contributed by atoms with Crippen molar-refractivity contribution in [2.75, 3.05) is 24.7 Å². The van der Waals surface area contributed by atoms with Crippen LogP contribution in [0.3, 0.4) is 0 Å². The van der Waals surface area contributed by atoms with Gasteiger partial charge in [-0.2, -0.15) is 10.1 Å². The Kier molecular flexibility index (Phi) is 8.91. The summed E-state index contributed by atoms with van der Waals surface area (Å²) in [5.41, 5.74) is 10.5. The number of H-pyrrole nitrogens is 1. The second kappa shape index (κ2) is 12.2. The molecule has 0 spiro atoms. The number of alkyl halides is 1. The predicted octanol–water partition coefficient (Wildman–Crippen LogP) is -0.173. The summed E-state index contributed by atoms with van der Waals surface area (Å²) < 4.78 is 64.3. The molecule has 7 N–H and O–H groups in total. The van der Waals surface area contributed by atoms with Crippen LogP contribution in [0, 0.1) is 0 Å². The molecular weight excluding hydrogens is 645 g/mol. The van der Waals surface area contributed by atoms with Crippen LogP contribution >= 0.6 is 38.5 Å². The Morgan fingerprint density at radius 2 is 2.07 bits per heavy atom. The van der Waals surface area contributed by atoms with Gasteiger partial charge in [0, 0.05) is 0 Å². The highest BCUT2D eigenvalue weighted by Crippen LogP contribution is 2.58. The number of hydrogen-bond donors (Lipinski definition) is 7. The Morgan fingerprint density at radius 1 is 1.31 bits per heavy atom. The number of nitrogens with zero attached hydrogens (tertiary/aromatic N) is 7. The number of hydrogen-bond acceptors (Lipinski definition) is 16. The van der Waals surface area contributed by atoms with Gasteiger partial charge in [-0.1, -0.05) is 24.5 Å². The first-order valence-electron chi connectivity index (χ1n) is 11.7. The van der Waals surface area contributed by atoms with Crippen molar-refractivity contribution in [3.63, 3.8) is 0 Å². The van der Waals surface area contributed by atoms with E-state index in [1.807, 2.05) is 0 Å². The topological polar surface area (TPSA) is 270 Å². The van der Waals surface area contributed by atoms with Crippen molar-refractivity contribution in [1.82, 2.24) is 39.1 Å². The largest absolute Gasteiger partial charge is 0.394 e. The number of aliphatic hydroxyl groups is 2. The summed E-state index contributed by atoms with van der Waals surface area (Å²) in [7, 11) is -2.87. The van der Waals surface area contributed by atoms with Crippen LogP contribution in [0.5, 0.6) is 0 Å². The average Bonchev–Trinajstić information content (AvgIpc) is 3.62. The molecule has 24 heteroatoms. The monoisotopic (exact) mass is 668 g/mol. The van der Waals surface area contributed by atoms with Crippen LogP contribution in [-0.4, -0.2) is 87.0 Å². The third-order valence-corrected chi connectivity index (χ3v) is 8.49. The summed E-state index contributed by atoms with van der Waals surface area (Å²) in [6.45, 7) is -6.12. The van der Waals surface area contributed by atoms with Crippen LogP contribution in [0.4, 0.5) is 16.2 Å². The zero-order valence-corrected chi connectivity index (χ0v) is 24.6. The van der Waals surface area contributed by atoms with Gasteiger partial charge < -0.3 is 30.9 Å². The fourth-order valence-corrected chi connectivity index (χ4v) is 6.55. The normalized spacial score (nSPS) is 24.6. The third kappa shape index (κ3) is 6.05. The van der Waals surface area contributed by atoms with E-state index in [-0.39, 0.29) is 34.3 Å². The van der Waals surface area contributed by atoms with E-state index in [0.29, 0.717) is 0 Å². The van der Waals surface area contributed by atoms with Crippen LogP contribution in [-0.2, 0) is 27.4 Å². The molecule has 5 rings (SSSR count). The SMILES string of the molecule is Nc1nc2c(ncn2[C@@H]2O[C@H](CO)[C@@H](F)[C@H]2OP(=O)(S)OC(CO[PH](=O)S)[C@@H](O)c2cnc3c(N)ncnn23)c(=O)[nH]1. The zero-order chi connectivity index (χ0) is 30.3. The highest BCUT2D eigenvalue weighted by Gasteiger charge is 2.50. The molecule has 8 atom stereocenters. The molecule has 0 amide bonds. The highest BCUT2D eigenvalue weighted by atomic mass is 32.7. The van der Waals surface area contributed by atoms with Gasteiger partial charge in [-0.25, -0.2) is 28.4 Å². The second-order valence-electron chi connectivity index (χ2n) is 8.74. The number of nitrogen functional groups attached to an aromatic ring is 2. The number of nitrogens with two attached hydrogens (primary N) is 2. The molecule has 1 fully saturated rings. The number of thiol groups is 2. The lowest BCUT2D eigenvalue weighted by Crippen LogP contribution is -2.32. The van der Waals surface area contributed by atoms with Crippen LogP contribution in [0.1, 0.15) is 18.0 Å². The molecule has 228 valence electrons. The van der Waals surface area contributed by atoms with Crippen molar-refractivity contribution in [2.24, 2.45) is 0 Å². The first-order valence-corrected chi connectivity index (χ1v) is 17.0. The Hall–Kier alpha value is -2.65. The minimum Gasteiger partial charge on any atom is -0.394 e. The van der Waals surface area contributed by atoms with Crippen LogP contribution in [0.15, 0.2) is 23.6 Å². The summed E-state index contributed by atoms with van der Waals surface area (Å²) in [5, 5.41) is 24.7. The van der Waals surface area contributed by atoms with Crippen molar-refractivity contribution < 1.29 is 42.0 Å². The molecule has 0 aromatic carbocycles. The van der Waals surface area contributed by atoms with E-state index in [4.69, 9.17) is 29.8 Å². The quantitative estimate of drug-likeness (QED) is 0.0807. The average molecular weight is 669 g/mol. The number of aromatic nitrogens is 8. The maximum atomic E-state index is 15.4. The fourth-order valence-electron chi connectivity index (χ4n) is 4.23. The summed E-state index contributed by atoms with van der Waals surface area (Å²) >= 11 is 7.65. The van der Waals surface area contributed by atoms with Crippen LogP contribution < -0.4 is 17.0 Å². The van der Waals surface area contributed by atoms with Crippen molar-refractivity contribution in [3.05, 3.63) is 34.9 Å². The van der Waals surface area contributed by atoms with Crippen LogP contribution in [0.25, 0.3) is 16.8 Å². The molecule has 0 bridgehead atoms. The van der Waals surface area contributed by atoms with Gasteiger partial charge in [-0.15, -0.1) is 0 Å². The highest BCUT2D eigenvalue weighted by molar-refractivity contribution is 8.44. The third-order valence-electron chi connectivity index (χ3n) is 6.08. The Balaban J connectivity index is 1.45. The van der Waals surface area contributed by atoms with Crippen molar-refractivity contribution in [3.8, 4) is 0 Å². The molecule has 1 aliphatic heterocycles. The van der Waals surface area contributed by atoms with Gasteiger partial charge in [0.25, 0.3) is 5.56 Å². The van der Waals surface area contributed by atoms with Gasteiger partial charge in [0.15, 0.2) is 35.0 Å². The van der Waals surface area contributed by atoms with Gasteiger partial charge in [-0.3, -0.25) is 28.0 Å². The van der Waals surface area contributed by atoms with E-state index in [2.05, 4.69) is 54.5 Å². The molecule has 0 aliphatic carbocycles. The number of aromatic amines is 1. The smallest absolute Gasteiger partial charge is 0.387 e. The molecule has 0 radical (unpaired) electrons. The van der Waals surface area contributed by atoms with Gasteiger partial charge in [0.1, 0.15) is 30.7 Å². The Morgan fingerprint density at radius 3 is 2.79 bits per heavy atom. The Bertz CT molecular complexity index is 1740. The molecule has 3 unspecified atom stereocenters. The molecule has 4 aromatic rings. The molecular formula is C18H23FN10O9P2S2. The summed E-state index contributed by atoms with van der Waals surface area (Å²) in [6.07, 6.45) is -6.80. The predicted molar refractivity (Wildman–Crippen MR) is 149 cm³/mol. The van der Waals surface area contributed by atoms with E-state index in [0.717, 1.165) is 21.7 Å². The number of aliphatic hydroxyl groups excluding tert-OH is 2. The van der Waals surface area contributed by atoms with Gasteiger partial charge in [-0.05, 0) is 0 Å². The number of imidazole rings is 2. The van der Waals surface area contributed by atoms with Gasteiger partial charge in [0.05, 0.1) is 31.4 Å². The number of nitrogens with one attached hydrogen (secondary N) is 1. The molecule has 1 aliphatic rings.